The van der Waals surface area contributed by atoms with E-state index in [-0.39, 0.29) is 29.5 Å². The number of rotatable bonds is 6. The minimum atomic E-state index is 0. The topological polar surface area (TPSA) is 39.7 Å². The first-order valence-corrected chi connectivity index (χ1v) is 6.49. The molecular weight excluding hydrogens is 339 g/mol. The molecule has 0 bridgehead atoms. The van der Waals surface area contributed by atoms with Crippen molar-refractivity contribution in [2.24, 2.45) is 10.9 Å². The third-order valence-electron chi connectivity index (χ3n) is 2.86. The molecule has 0 atom stereocenters. The van der Waals surface area contributed by atoms with Gasteiger partial charge >= 0.3 is 0 Å². The van der Waals surface area contributed by atoms with Crippen molar-refractivity contribution in [1.82, 2.24) is 15.5 Å². The highest BCUT2D eigenvalue weighted by atomic mass is 127. The molecular formula is C13H31IN4. The van der Waals surface area contributed by atoms with Crippen LogP contribution in [0.2, 0.25) is 0 Å². The maximum Gasteiger partial charge on any atom is 0.191 e. The normalized spacial score (nSPS) is 12.6. The number of hydrogen-bond acceptors (Lipinski definition) is 2. The zero-order valence-electron chi connectivity index (χ0n) is 13.0. The molecule has 0 rings (SSSR count). The second-order valence-electron chi connectivity index (χ2n) is 5.68. The monoisotopic (exact) mass is 370 g/mol. The quantitative estimate of drug-likeness (QED) is 0.428. The first-order valence-electron chi connectivity index (χ1n) is 6.49. The van der Waals surface area contributed by atoms with Crippen LogP contribution in [0.25, 0.3) is 0 Å². The Bertz CT molecular complexity index is 237. The lowest BCUT2D eigenvalue weighted by molar-refractivity contribution is 0.204. The maximum absolute atomic E-state index is 4.63. The highest BCUT2D eigenvalue weighted by molar-refractivity contribution is 14.0. The molecule has 0 spiro atoms. The summed E-state index contributed by atoms with van der Waals surface area (Å²) in [5.41, 5.74) is 0.0835. The van der Waals surface area contributed by atoms with Crippen LogP contribution in [0.5, 0.6) is 0 Å². The van der Waals surface area contributed by atoms with Crippen molar-refractivity contribution >= 4 is 29.9 Å². The summed E-state index contributed by atoms with van der Waals surface area (Å²) in [4.78, 5) is 6.83. The summed E-state index contributed by atoms with van der Waals surface area (Å²) in [6.07, 6.45) is 0. The Labute approximate surface area is 130 Å². The molecule has 0 unspecified atom stereocenters. The van der Waals surface area contributed by atoms with Gasteiger partial charge in [0.15, 0.2) is 5.96 Å². The van der Waals surface area contributed by atoms with Gasteiger partial charge in [0, 0.05) is 18.6 Å². The van der Waals surface area contributed by atoms with E-state index in [0.717, 1.165) is 25.6 Å². The fourth-order valence-electron chi connectivity index (χ4n) is 1.06. The molecule has 0 heterocycles. The van der Waals surface area contributed by atoms with Gasteiger partial charge in [0.2, 0.25) is 0 Å². The zero-order chi connectivity index (χ0) is 13.5. The summed E-state index contributed by atoms with van der Waals surface area (Å²) in [6, 6.07) is 0. The summed E-state index contributed by atoms with van der Waals surface area (Å²) in [7, 11) is 4.17. The fraction of sp³-hybridized carbons (Fsp3) is 0.923. The van der Waals surface area contributed by atoms with E-state index in [1.54, 1.807) is 0 Å². The largest absolute Gasteiger partial charge is 0.357 e. The van der Waals surface area contributed by atoms with Gasteiger partial charge in [0.05, 0.1) is 6.54 Å². The fourth-order valence-corrected chi connectivity index (χ4v) is 1.06. The van der Waals surface area contributed by atoms with Crippen LogP contribution in [-0.2, 0) is 0 Å². The van der Waals surface area contributed by atoms with E-state index in [0.29, 0.717) is 5.92 Å². The molecule has 0 amide bonds. The van der Waals surface area contributed by atoms with Crippen molar-refractivity contribution < 1.29 is 0 Å². The standard InChI is InChI=1S/C13H30N4.HI/c1-8-14-12(15-9-11(2)3)16-10-13(4,5)17(6)7;/h11H,8-10H2,1-7H3,(H2,14,15,16);1H. The molecule has 0 radical (unpaired) electrons. The number of hydrogen-bond donors (Lipinski definition) is 2. The predicted molar refractivity (Wildman–Crippen MR) is 92.0 cm³/mol. The Morgan fingerprint density at radius 3 is 2.17 bits per heavy atom. The SMILES string of the molecule is CCNC(=NCC(C)(C)N(C)C)NCC(C)C.I. The third kappa shape index (κ3) is 8.97. The number of nitrogens with one attached hydrogen (secondary N) is 2. The van der Waals surface area contributed by atoms with E-state index in [9.17, 15) is 0 Å². The average Bonchev–Trinajstić information content (AvgIpc) is 2.21. The molecule has 110 valence electrons. The Balaban J connectivity index is 0. The molecule has 5 heteroatoms. The minimum absolute atomic E-state index is 0. The molecule has 0 aliphatic carbocycles. The summed E-state index contributed by atoms with van der Waals surface area (Å²) in [5.74, 6) is 1.54. The molecule has 0 aromatic rings. The van der Waals surface area contributed by atoms with E-state index < -0.39 is 0 Å². The maximum atomic E-state index is 4.63. The van der Waals surface area contributed by atoms with Crippen molar-refractivity contribution in [2.75, 3.05) is 33.7 Å². The van der Waals surface area contributed by atoms with Crippen molar-refractivity contribution in [1.29, 1.82) is 0 Å². The second-order valence-corrected chi connectivity index (χ2v) is 5.68. The van der Waals surface area contributed by atoms with E-state index in [2.05, 4.69) is 69.2 Å². The second kappa shape index (κ2) is 9.83. The van der Waals surface area contributed by atoms with Gasteiger partial charge < -0.3 is 15.5 Å². The van der Waals surface area contributed by atoms with Gasteiger partial charge in [-0.2, -0.15) is 0 Å². The lowest BCUT2D eigenvalue weighted by Crippen LogP contribution is -2.44. The molecule has 0 saturated heterocycles. The van der Waals surface area contributed by atoms with E-state index in [1.807, 2.05) is 0 Å². The highest BCUT2D eigenvalue weighted by Crippen LogP contribution is 2.09. The van der Waals surface area contributed by atoms with Crippen LogP contribution in [0.15, 0.2) is 4.99 Å². The number of aliphatic imine (C=N–C) groups is 1. The molecule has 0 aliphatic rings. The molecule has 4 nitrogen and oxygen atoms in total. The number of guanidine groups is 1. The zero-order valence-corrected chi connectivity index (χ0v) is 15.3. The van der Waals surface area contributed by atoms with Crippen LogP contribution in [0.4, 0.5) is 0 Å². The van der Waals surface area contributed by atoms with Crippen LogP contribution in [-0.4, -0.2) is 50.1 Å². The van der Waals surface area contributed by atoms with Gasteiger partial charge in [-0.15, -0.1) is 24.0 Å². The molecule has 18 heavy (non-hydrogen) atoms. The van der Waals surface area contributed by atoms with Crippen LogP contribution in [0.1, 0.15) is 34.6 Å². The van der Waals surface area contributed by atoms with E-state index >= 15 is 0 Å². The van der Waals surface area contributed by atoms with Gasteiger partial charge in [-0.25, -0.2) is 0 Å². The van der Waals surface area contributed by atoms with Gasteiger partial charge in [0.25, 0.3) is 0 Å². The summed E-state index contributed by atoms with van der Waals surface area (Å²) >= 11 is 0. The van der Waals surface area contributed by atoms with Crippen LogP contribution in [0.3, 0.4) is 0 Å². The Morgan fingerprint density at radius 1 is 1.22 bits per heavy atom. The summed E-state index contributed by atoms with van der Waals surface area (Å²) < 4.78 is 0. The smallest absolute Gasteiger partial charge is 0.191 e. The van der Waals surface area contributed by atoms with E-state index in [4.69, 9.17) is 0 Å². The summed E-state index contributed by atoms with van der Waals surface area (Å²) in [6.45, 7) is 13.5. The van der Waals surface area contributed by atoms with Crippen LogP contribution >= 0.6 is 24.0 Å². The van der Waals surface area contributed by atoms with Gasteiger partial charge in [0.1, 0.15) is 0 Å². The van der Waals surface area contributed by atoms with Crippen molar-refractivity contribution in [3.63, 3.8) is 0 Å². The highest BCUT2D eigenvalue weighted by Gasteiger charge is 2.19. The summed E-state index contributed by atoms with van der Waals surface area (Å²) in [5, 5.41) is 6.62. The number of halogens is 1. The number of nitrogens with zero attached hydrogens (tertiary/aromatic N) is 2. The molecule has 0 aromatic heterocycles. The first kappa shape index (κ1) is 20.3. The van der Waals surface area contributed by atoms with Crippen LogP contribution < -0.4 is 10.6 Å². The van der Waals surface area contributed by atoms with Crippen molar-refractivity contribution in [3.8, 4) is 0 Å². The first-order chi connectivity index (χ1) is 7.79. The Morgan fingerprint density at radius 2 is 1.78 bits per heavy atom. The van der Waals surface area contributed by atoms with Crippen molar-refractivity contribution in [3.05, 3.63) is 0 Å². The Hall–Kier alpha value is -0.0400. The molecule has 2 N–H and O–H groups in total. The van der Waals surface area contributed by atoms with E-state index in [1.165, 1.54) is 0 Å². The average molecular weight is 370 g/mol. The van der Waals surface area contributed by atoms with Crippen LogP contribution in [0, 0.1) is 5.92 Å². The van der Waals surface area contributed by atoms with Gasteiger partial charge in [-0.05, 0) is 40.8 Å². The molecule has 0 aromatic carbocycles. The number of likely N-dealkylation sites (N-methyl/N-ethyl adjacent to an activating group) is 1. The molecule has 0 saturated carbocycles. The van der Waals surface area contributed by atoms with Gasteiger partial charge in [-0.3, -0.25) is 4.99 Å². The predicted octanol–water partition coefficient (Wildman–Crippen LogP) is 2.16. The van der Waals surface area contributed by atoms with Crippen molar-refractivity contribution in [2.45, 2.75) is 40.2 Å². The lowest BCUT2D eigenvalue weighted by atomic mass is 10.1. The molecule has 0 aliphatic heterocycles. The lowest BCUT2D eigenvalue weighted by Gasteiger charge is -2.31. The van der Waals surface area contributed by atoms with Gasteiger partial charge in [-0.1, -0.05) is 13.8 Å². The third-order valence-corrected chi connectivity index (χ3v) is 2.86. The minimum Gasteiger partial charge on any atom is -0.357 e. The Kier molecular flexibility index (Phi) is 11.1. The molecule has 0 fully saturated rings.